The molecule has 0 aromatic carbocycles. The van der Waals surface area contributed by atoms with E-state index < -0.39 is 0 Å². The van der Waals surface area contributed by atoms with Gasteiger partial charge in [0, 0.05) is 14.0 Å². The average Bonchev–Trinajstić information content (AvgIpc) is 3.03. The minimum atomic E-state index is -0.123. The predicted octanol–water partition coefficient (Wildman–Crippen LogP) is 5.58. The number of rotatable bonds is 4. The molecule has 4 fully saturated rings. The van der Waals surface area contributed by atoms with Crippen molar-refractivity contribution in [2.45, 2.75) is 97.6 Å². The number of carbonyl (C=O) groups excluding carboxylic acids is 1. The van der Waals surface area contributed by atoms with Crippen molar-refractivity contribution in [1.29, 1.82) is 0 Å². The number of hydrogen-bond donors (Lipinski definition) is 0. The molecular formula is C24H40N2O3. The second-order valence-electron chi connectivity index (χ2n) is 11.3. The van der Waals surface area contributed by atoms with Gasteiger partial charge in [0.05, 0.1) is 11.3 Å². The Morgan fingerprint density at radius 2 is 1.72 bits per heavy atom. The molecular weight excluding hydrogens is 364 g/mol. The summed E-state index contributed by atoms with van der Waals surface area (Å²) in [5.74, 6) is 3.58. The lowest BCUT2D eigenvalue weighted by atomic mass is 9.44. The van der Waals surface area contributed by atoms with Crippen LogP contribution in [0.25, 0.3) is 0 Å². The first kappa shape index (κ1) is 21.1. The van der Waals surface area contributed by atoms with Gasteiger partial charge in [-0.3, -0.25) is 9.80 Å². The van der Waals surface area contributed by atoms with E-state index in [1.54, 1.807) is 11.9 Å². The van der Waals surface area contributed by atoms with Crippen molar-refractivity contribution in [2.24, 2.45) is 45.7 Å². The first-order valence-electron chi connectivity index (χ1n) is 11.9. The van der Waals surface area contributed by atoms with E-state index >= 15 is 0 Å². The lowest BCUT2D eigenvalue weighted by molar-refractivity contribution is -0.160. The van der Waals surface area contributed by atoms with Crippen molar-refractivity contribution in [3.05, 3.63) is 4.91 Å². The maximum atomic E-state index is 11.4. The summed E-state index contributed by atoms with van der Waals surface area (Å²) >= 11 is 0. The van der Waals surface area contributed by atoms with Crippen LogP contribution in [0, 0.1) is 45.3 Å². The molecule has 4 aliphatic rings. The lowest BCUT2D eigenvalue weighted by Crippen LogP contribution is -2.55. The van der Waals surface area contributed by atoms with E-state index in [1.807, 2.05) is 7.05 Å². The largest absolute Gasteiger partial charge is 0.463 e. The topological polar surface area (TPSA) is 59.0 Å². The average molecular weight is 405 g/mol. The SMILES string of the molecule is CC(=O)O[C@@H]1CC[C@@]2(C)[C@@H](CC[C@@H]3[C@@H]2CC[C@]2(C)[C@@H]([C@@H](C)N(C)N=O)CC[C@@H]32)C1. The molecule has 164 valence electrons. The zero-order valence-corrected chi connectivity index (χ0v) is 19.0. The summed E-state index contributed by atoms with van der Waals surface area (Å²) in [5, 5.41) is 4.87. The Hall–Kier alpha value is -1.13. The van der Waals surface area contributed by atoms with Gasteiger partial charge in [-0.25, -0.2) is 0 Å². The van der Waals surface area contributed by atoms with Gasteiger partial charge in [0.2, 0.25) is 0 Å². The van der Waals surface area contributed by atoms with Crippen LogP contribution >= 0.6 is 0 Å². The van der Waals surface area contributed by atoms with Crippen LogP contribution in [0.5, 0.6) is 0 Å². The first-order chi connectivity index (χ1) is 13.7. The maximum Gasteiger partial charge on any atom is 0.302 e. The number of esters is 1. The molecule has 29 heavy (non-hydrogen) atoms. The van der Waals surface area contributed by atoms with Crippen LogP contribution in [0.4, 0.5) is 0 Å². The van der Waals surface area contributed by atoms with E-state index in [4.69, 9.17) is 4.74 Å². The molecule has 4 aliphatic carbocycles. The summed E-state index contributed by atoms with van der Waals surface area (Å²) in [6.45, 7) is 8.81. The smallest absolute Gasteiger partial charge is 0.302 e. The van der Waals surface area contributed by atoms with E-state index in [-0.39, 0.29) is 18.1 Å². The standard InChI is InChI=1S/C24H40N2O3/c1-15(26(5)25-28)20-8-9-21-19-7-6-17-14-18(29-16(2)27)10-12-23(17,3)22(19)11-13-24(20,21)4/h15,17-22H,6-14H2,1-5H3/t15-,17+,18-,19+,20-,21+,22+,23+,24-/m1/s1. The third kappa shape index (κ3) is 3.31. The number of carbonyl (C=O) groups is 1. The van der Waals surface area contributed by atoms with E-state index in [2.05, 4.69) is 26.1 Å². The Labute approximate surface area is 176 Å². The van der Waals surface area contributed by atoms with E-state index in [9.17, 15) is 9.70 Å². The molecule has 0 amide bonds. The van der Waals surface area contributed by atoms with Crippen LogP contribution in [0.3, 0.4) is 0 Å². The van der Waals surface area contributed by atoms with Gasteiger partial charge in [-0.15, -0.1) is 4.91 Å². The molecule has 4 saturated carbocycles. The summed E-state index contributed by atoms with van der Waals surface area (Å²) in [6, 6.07) is 0.227. The van der Waals surface area contributed by atoms with Crippen molar-refractivity contribution in [3.63, 3.8) is 0 Å². The molecule has 0 radical (unpaired) electrons. The molecule has 5 nitrogen and oxygen atoms in total. The van der Waals surface area contributed by atoms with Crippen molar-refractivity contribution < 1.29 is 9.53 Å². The molecule has 0 aromatic rings. The second-order valence-corrected chi connectivity index (χ2v) is 11.3. The second kappa shape index (κ2) is 7.53. The number of fused-ring (bicyclic) bond motifs is 5. The predicted molar refractivity (Wildman–Crippen MR) is 114 cm³/mol. The molecule has 0 N–H and O–H groups in total. The lowest BCUT2D eigenvalue weighted by Gasteiger charge is -2.61. The minimum Gasteiger partial charge on any atom is -0.463 e. The van der Waals surface area contributed by atoms with Crippen LogP contribution in [-0.2, 0) is 9.53 Å². The van der Waals surface area contributed by atoms with Gasteiger partial charge >= 0.3 is 5.97 Å². The Balaban J connectivity index is 1.51. The van der Waals surface area contributed by atoms with E-state index in [1.165, 1.54) is 44.9 Å². The summed E-state index contributed by atoms with van der Waals surface area (Å²) in [5.41, 5.74) is 0.753. The highest BCUT2D eigenvalue weighted by atomic mass is 16.5. The minimum absolute atomic E-state index is 0.123. The van der Waals surface area contributed by atoms with Crippen molar-refractivity contribution >= 4 is 5.97 Å². The van der Waals surface area contributed by atoms with E-state index in [0.29, 0.717) is 22.7 Å². The molecule has 0 aromatic heterocycles. The fourth-order valence-corrected chi connectivity index (χ4v) is 8.73. The fourth-order valence-electron chi connectivity index (χ4n) is 8.73. The Kier molecular flexibility index (Phi) is 5.48. The van der Waals surface area contributed by atoms with Crippen molar-refractivity contribution in [2.75, 3.05) is 7.05 Å². The number of ether oxygens (including phenoxy) is 1. The normalized spacial score (nSPS) is 47.3. The highest BCUT2D eigenvalue weighted by Gasteiger charge is 2.61. The summed E-state index contributed by atoms with van der Waals surface area (Å²) in [6.07, 6.45) is 11.2. The molecule has 5 heteroatoms. The number of nitroso groups, excluding NO2 is 1. The monoisotopic (exact) mass is 404 g/mol. The third-order valence-corrected chi connectivity index (χ3v) is 10.3. The Morgan fingerprint density at radius 3 is 2.41 bits per heavy atom. The molecule has 9 atom stereocenters. The summed E-state index contributed by atoms with van der Waals surface area (Å²) < 4.78 is 5.60. The summed E-state index contributed by atoms with van der Waals surface area (Å²) in [7, 11) is 1.84. The highest BCUT2D eigenvalue weighted by molar-refractivity contribution is 5.66. The van der Waals surface area contributed by atoms with E-state index in [0.717, 1.165) is 30.6 Å². The first-order valence-corrected chi connectivity index (χ1v) is 11.9. The van der Waals surface area contributed by atoms with Crippen molar-refractivity contribution in [1.82, 2.24) is 5.01 Å². The van der Waals surface area contributed by atoms with Crippen LogP contribution in [0.15, 0.2) is 5.29 Å². The van der Waals surface area contributed by atoms with Gasteiger partial charge < -0.3 is 4.74 Å². The van der Waals surface area contributed by atoms with Gasteiger partial charge in [-0.2, -0.15) is 0 Å². The summed E-state index contributed by atoms with van der Waals surface area (Å²) in [4.78, 5) is 22.6. The quantitative estimate of drug-likeness (QED) is 0.349. The van der Waals surface area contributed by atoms with Crippen LogP contribution in [0.1, 0.15) is 85.5 Å². The third-order valence-electron chi connectivity index (χ3n) is 10.3. The molecule has 0 aliphatic heterocycles. The van der Waals surface area contributed by atoms with Crippen LogP contribution < -0.4 is 0 Å². The Bertz CT molecular complexity index is 654. The molecule has 4 rings (SSSR count). The van der Waals surface area contributed by atoms with Crippen molar-refractivity contribution in [3.8, 4) is 0 Å². The molecule has 0 bridgehead atoms. The van der Waals surface area contributed by atoms with Crippen LogP contribution in [-0.4, -0.2) is 30.2 Å². The maximum absolute atomic E-state index is 11.4. The van der Waals surface area contributed by atoms with Crippen LogP contribution in [0.2, 0.25) is 0 Å². The zero-order chi connectivity index (χ0) is 21.0. The fraction of sp³-hybridized carbons (Fsp3) is 0.958. The van der Waals surface area contributed by atoms with Gasteiger partial charge in [0.1, 0.15) is 6.10 Å². The van der Waals surface area contributed by atoms with Gasteiger partial charge in [0.15, 0.2) is 0 Å². The van der Waals surface area contributed by atoms with Gasteiger partial charge in [-0.05, 0) is 105 Å². The van der Waals surface area contributed by atoms with Gasteiger partial charge in [-0.1, -0.05) is 13.8 Å². The zero-order valence-electron chi connectivity index (χ0n) is 19.0. The number of nitrogens with zero attached hydrogens (tertiary/aromatic N) is 2. The molecule has 0 unspecified atom stereocenters. The van der Waals surface area contributed by atoms with Gasteiger partial charge in [0.25, 0.3) is 0 Å². The molecule has 0 saturated heterocycles. The molecule has 0 heterocycles. The highest BCUT2D eigenvalue weighted by Crippen LogP contribution is 2.68. The molecule has 0 spiro atoms. The Morgan fingerprint density at radius 1 is 1.03 bits per heavy atom. The number of hydrogen-bond acceptors (Lipinski definition) is 4.